The molecule has 2 aliphatic rings. The Morgan fingerprint density at radius 1 is 1.18 bits per heavy atom. The van der Waals surface area contributed by atoms with E-state index in [0.29, 0.717) is 42.0 Å². The van der Waals surface area contributed by atoms with Crippen LogP contribution in [0.15, 0.2) is 34.6 Å². The van der Waals surface area contributed by atoms with E-state index >= 15 is 0 Å². The molecule has 178 valence electrons. The fourth-order valence-electron chi connectivity index (χ4n) is 3.62. The average Bonchev–Trinajstić information content (AvgIpc) is 3.38. The van der Waals surface area contributed by atoms with E-state index in [-0.39, 0.29) is 16.8 Å². The molecule has 0 bridgehead atoms. The molecule has 0 radical (unpaired) electrons. The molecule has 4 rings (SSSR count). The Kier molecular flexibility index (Phi) is 7.41. The Morgan fingerprint density at radius 2 is 1.91 bits per heavy atom. The fourth-order valence-corrected chi connectivity index (χ4v) is 5.75. The highest BCUT2D eigenvalue weighted by molar-refractivity contribution is 8.26. The Balaban J connectivity index is 1.36. The number of amides is 2. The summed E-state index contributed by atoms with van der Waals surface area (Å²) < 4.78 is 27.0. The van der Waals surface area contributed by atoms with E-state index < -0.39 is 29.4 Å². The molecule has 2 aliphatic heterocycles. The zero-order valence-corrected chi connectivity index (χ0v) is 20.1. The van der Waals surface area contributed by atoms with Crippen molar-refractivity contribution in [3.63, 3.8) is 0 Å². The number of carboxylic acids is 1. The van der Waals surface area contributed by atoms with Gasteiger partial charge in [-0.1, -0.05) is 30.0 Å². The number of aliphatic carboxylic acids is 1. The molecule has 34 heavy (non-hydrogen) atoms. The van der Waals surface area contributed by atoms with Crippen LogP contribution in [0, 0.1) is 17.6 Å². The van der Waals surface area contributed by atoms with Gasteiger partial charge >= 0.3 is 5.97 Å². The predicted octanol–water partition coefficient (Wildman–Crippen LogP) is 3.72. The molecule has 0 atom stereocenters. The number of carbonyl (C=O) groups is 3. The van der Waals surface area contributed by atoms with Gasteiger partial charge in [-0.25, -0.2) is 19.2 Å². The fraction of sp³-hybridized carbons (Fsp3) is 0.273. The molecule has 3 heterocycles. The Morgan fingerprint density at radius 3 is 2.59 bits per heavy atom. The lowest BCUT2D eigenvalue weighted by Gasteiger charge is -2.30. The Hall–Kier alpha value is -2.67. The van der Waals surface area contributed by atoms with Crippen LogP contribution in [-0.2, 0) is 14.4 Å². The number of benzene rings is 1. The van der Waals surface area contributed by atoms with Crippen molar-refractivity contribution in [2.24, 2.45) is 5.92 Å². The van der Waals surface area contributed by atoms with E-state index in [4.69, 9.17) is 17.3 Å². The van der Waals surface area contributed by atoms with Crippen molar-refractivity contribution < 1.29 is 28.3 Å². The van der Waals surface area contributed by atoms with Gasteiger partial charge in [-0.15, -0.1) is 11.3 Å². The molecular weight excluding hydrogens is 504 g/mol. The summed E-state index contributed by atoms with van der Waals surface area (Å²) in [6.45, 7) is 0.569. The minimum Gasteiger partial charge on any atom is -0.481 e. The SMILES string of the molecule is O=C(O)C1CCN(C(=O)CNN2C(=O)C(=Cc3cc(-c4ccc(F)c(F)c4)cs3)SC2=S)CC1. The third kappa shape index (κ3) is 5.35. The maximum absolute atomic E-state index is 13.5. The predicted molar refractivity (Wildman–Crippen MR) is 130 cm³/mol. The minimum absolute atomic E-state index is 0.142. The van der Waals surface area contributed by atoms with Crippen molar-refractivity contribution in [1.82, 2.24) is 15.3 Å². The van der Waals surface area contributed by atoms with Crippen molar-refractivity contribution in [1.29, 1.82) is 0 Å². The van der Waals surface area contributed by atoms with Gasteiger partial charge in [-0.2, -0.15) is 0 Å². The van der Waals surface area contributed by atoms with E-state index in [1.807, 2.05) is 0 Å². The molecular formula is C22H19F2N3O4S3. The van der Waals surface area contributed by atoms with Crippen LogP contribution in [0.25, 0.3) is 17.2 Å². The number of piperidine rings is 1. The van der Waals surface area contributed by atoms with Crippen LogP contribution in [0.3, 0.4) is 0 Å². The van der Waals surface area contributed by atoms with Gasteiger partial charge in [0.15, 0.2) is 16.0 Å². The number of nitrogens with one attached hydrogen (secondary N) is 1. The first-order valence-electron chi connectivity index (χ1n) is 10.3. The van der Waals surface area contributed by atoms with E-state index in [9.17, 15) is 23.2 Å². The van der Waals surface area contributed by atoms with Gasteiger partial charge in [-0.05, 0) is 53.6 Å². The van der Waals surface area contributed by atoms with Gasteiger partial charge in [-0.3, -0.25) is 14.4 Å². The molecule has 2 fully saturated rings. The molecule has 2 amide bonds. The molecule has 0 spiro atoms. The Labute approximate surface area is 207 Å². The average molecular weight is 524 g/mol. The second-order valence-corrected chi connectivity index (χ2v) is 10.3. The van der Waals surface area contributed by atoms with E-state index in [1.54, 1.807) is 22.4 Å². The molecule has 2 aromatic rings. The number of hydrogen-bond donors (Lipinski definition) is 2. The number of carbonyl (C=O) groups excluding carboxylic acids is 2. The van der Waals surface area contributed by atoms with Crippen molar-refractivity contribution in [2.45, 2.75) is 12.8 Å². The molecule has 2 N–H and O–H groups in total. The largest absolute Gasteiger partial charge is 0.481 e. The zero-order valence-electron chi connectivity index (χ0n) is 17.6. The summed E-state index contributed by atoms with van der Waals surface area (Å²) in [5.74, 6) is -3.77. The standard InChI is InChI=1S/C22H19F2N3O4S3/c23-16-2-1-13(8-17(16)24)14-7-15(33-11-14)9-18-20(29)27(22(32)34-18)25-10-19(28)26-5-3-12(4-6-26)21(30)31/h1-2,7-9,11-12,25H,3-6,10H2,(H,30,31). The van der Waals surface area contributed by atoms with Gasteiger partial charge in [0.05, 0.1) is 17.4 Å². The lowest BCUT2D eigenvalue weighted by molar-refractivity contribution is -0.145. The van der Waals surface area contributed by atoms with Crippen LogP contribution in [0.5, 0.6) is 0 Å². The van der Waals surface area contributed by atoms with Crippen LogP contribution in [0.4, 0.5) is 8.78 Å². The number of thiophene rings is 1. The lowest BCUT2D eigenvalue weighted by atomic mass is 9.97. The third-order valence-electron chi connectivity index (χ3n) is 5.53. The van der Waals surface area contributed by atoms with Crippen LogP contribution in [0.2, 0.25) is 0 Å². The number of hydrazine groups is 1. The molecule has 1 aromatic carbocycles. The third-order valence-corrected chi connectivity index (χ3v) is 7.71. The summed E-state index contributed by atoms with van der Waals surface area (Å²) >= 11 is 7.70. The molecule has 1 aromatic heterocycles. The summed E-state index contributed by atoms with van der Waals surface area (Å²) in [4.78, 5) is 39.0. The summed E-state index contributed by atoms with van der Waals surface area (Å²) in [6, 6.07) is 5.43. The van der Waals surface area contributed by atoms with Gasteiger partial charge in [0.25, 0.3) is 5.91 Å². The monoisotopic (exact) mass is 523 g/mol. The van der Waals surface area contributed by atoms with E-state index in [2.05, 4.69) is 5.43 Å². The van der Waals surface area contributed by atoms with Gasteiger partial charge in [0, 0.05) is 18.0 Å². The van der Waals surface area contributed by atoms with Crippen LogP contribution in [-0.4, -0.2) is 56.8 Å². The minimum atomic E-state index is -0.932. The first-order valence-corrected chi connectivity index (χ1v) is 12.4. The normalized spacial score (nSPS) is 18.2. The van der Waals surface area contributed by atoms with Crippen LogP contribution < -0.4 is 5.43 Å². The summed E-state index contributed by atoms with van der Waals surface area (Å²) in [5.41, 5.74) is 3.99. The quantitative estimate of drug-likeness (QED) is 0.441. The van der Waals surface area contributed by atoms with Crippen LogP contribution in [0.1, 0.15) is 17.7 Å². The number of rotatable bonds is 6. The summed E-state index contributed by atoms with van der Waals surface area (Å²) in [5, 5.41) is 12.0. The van der Waals surface area contributed by atoms with Crippen molar-refractivity contribution in [3.05, 3.63) is 51.1 Å². The molecule has 0 saturated carbocycles. The number of thiocarbonyl (C=S) groups is 1. The van der Waals surface area contributed by atoms with Crippen molar-refractivity contribution in [3.8, 4) is 11.1 Å². The van der Waals surface area contributed by atoms with Crippen molar-refractivity contribution >= 4 is 63.5 Å². The van der Waals surface area contributed by atoms with E-state index in [0.717, 1.165) is 33.8 Å². The number of hydrogen-bond acceptors (Lipinski definition) is 7. The highest BCUT2D eigenvalue weighted by Gasteiger charge is 2.33. The molecule has 7 nitrogen and oxygen atoms in total. The smallest absolute Gasteiger partial charge is 0.306 e. The molecule has 0 unspecified atom stereocenters. The Bertz CT molecular complexity index is 1190. The van der Waals surface area contributed by atoms with E-state index in [1.165, 1.54) is 17.4 Å². The maximum Gasteiger partial charge on any atom is 0.306 e. The molecule has 0 aliphatic carbocycles. The number of thioether (sulfide) groups is 1. The van der Waals surface area contributed by atoms with Gasteiger partial charge in [0.2, 0.25) is 5.91 Å². The van der Waals surface area contributed by atoms with Gasteiger partial charge < -0.3 is 10.0 Å². The highest BCUT2D eigenvalue weighted by Crippen LogP contribution is 2.34. The van der Waals surface area contributed by atoms with Crippen molar-refractivity contribution in [2.75, 3.05) is 19.6 Å². The summed E-state index contributed by atoms with van der Waals surface area (Å²) in [6.07, 6.45) is 2.46. The second kappa shape index (κ2) is 10.3. The number of carboxylic acid groups (broad SMARTS) is 1. The topological polar surface area (TPSA) is 89.9 Å². The zero-order chi connectivity index (χ0) is 24.4. The van der Waals surface area contributed by atoms with Gasteiger partial charge in [0.1, 0.15) is 0 Å². The summed E-state index contributed by atoms with van der Waals surface area (Å²) in [7, 11) is 0. The number of halogens is 2. The second-order valence-electron chi connectivity index (χ2n) is 7.71. The van der Waals surface area contributed by atoms with Crippen LogP contribution >= 0.6 is 35.3 Å². The number of nitrogens with zero attached hydrogens (tertiary/aromatic N) is 2. The first-order chi connectivity index (χ1) is 16.2. The highest BCUT2D eigenvalue weighted by atomic mass is 32.2. The first kappa shape index (κ1) is 24.5. The molecule has 12 heteroatoms. The molecule has 2 saturated heterocycles. The maximum atomic E-state index is 13.5. The number of likely N-dealkylation sites (tertiary alicyclic amines) is 1. The lowest BCUT2D eigenvalue weighted by Crippen LogP contribution is -2.49.